The van der Waals surface area contributed by atoms with Crippen molar-refractivity contribution >= 4 is 17.8 Å². The molecule has 2 amide bonds. The monoisotopic (exact) mass is 334 g/mol. The zero-order valence-corrected chi connectivity index (χ0v) is 14.1. The number of thioether (sulfide) groups is 1. The number of aliphatic hydroxyl groups is 1. The summed E-state index contributed by atoms with van der Waals surface area (Å²) >= 11 is 1.78. The fourth-order valence-electron chi connectivity index (χ4n) is 2.12. The van der Waals surface area contributed by atoms with Crippen LogP contribution in [0.5, 0.6) is 0 Å². The second kappa shape index (κ2) is 8.64. The Morgan fingerprint density at radius 2 is 2.04 bits per heavy atom. The van der Waals surface area contributed by atoms with E-state index in [1.165, 1.54) is 11.2 Å². The van der Waals surface area contributed by atoms with E-state index in [0.717, 1.165) is 11.3 Å². The van der Waals surface area contributed by atoms with Gasteiger partial charge in [0.1, 0.15) is 11.9 Å². The molecular formula is C17H22N2O3S. The molecule has 0 saturated heterocycles. The first-order valence-corrected chi connectivity index (χ1v) is 8.57. The van der Waals surface area contributed by atoms with Crippen LogP contribution < -0.4 is 10.6 Å². The van der Waals surface area contributed by atoms with Gasteiger partial charge in [0.25, 0.3) is 0 Å². The van der Waals surface area contributed by atoms with Crippen molar-refractivity contribution in [3.8, 4) is 0 Å². The second-order valence-corrected chi connectivity index (χ2v) is 6.45. The number of hydrogen-bond acceptors (Lipinski definition) is 4. The van der Waals surface area contributed by atoms with Gasteiger partial charge in [0, 0.05) is 4.90 Å². The predicted octanol–water partition coefficient (Wildman–Crippen LogP) is 3.49. The van der Waals surface area contributed by atoms with Crippen LogP contribution in [0.15, 0.2) is 52.0 Å². The zero-order valence-electron chi connectivity index (χ0n) is 13.3. The molecule has 0 spiro atoms. The van der Waals surface area contributed by atoms with Crippen molar-refractivity contribution in [3.63, 3.8) is 0 Å². The first-order valence-electron chi connectivity index (χ1n) is 7.58. The highest BCUT2D eigenvalue weighted by molar-refractivity contribution is 7.99. The molecule has 2 atom stereocenters. The quantitative estimate of drug-likeness (QED) is 0.678. The average Bonchev–Trinajstić information content (AvgIpc) is 3.08. The molecule has 5 nitrogen and oxygen atoms in total. The molecule has 0 radical (unpaired) electrons. The lowest BCUT2D eigenvalue weighted by molar-refractivity contribution is 0.147. The summed E-state index contributed by atoms with van der Waals surface area (Å²) in [6.45, 7) is 4.13. The van der Waals surface area contributed by atoms with Crippen molar-refractivity contribution in [2.24, 2.45) is 0 Å². The van der Waals surface area contributed by atoms with E-state index in [1.807, 2.05) is 19.1 Å². The Bertz CT molecular complexity index is 599. The maximum absolute atomic E-state index is 11.9. The van der Waals surface area contributed by atoms with Crippen LogP contribution in [-0.4, -0.2) is 23.4 Å². The van der Waals surface area contributed by atoms with Crippen molar-refractivity contribution in [3.05, 3.63) is 54.0 Å². The van der Waals surface area contributed by atoms with Gasteiger partial charge in [-0.05, 0) is 42.5 Å². The molecule has 0 bridgehead atoms. The average molecular weight is 334 g/mol. The van der Waals surface area contributed by atoms with Gasteiger partial charge in [0.05, 0.1) is 18.8 Å². The molecule has 0 aliphatic rings. The maximum atomic E-state index is 11.9. The van der Waals surface area contributed by atoms with E-state index in [2.05, 4.69) is 29.7 Å². The number of urea groups is 1. The number of furan rings is 1. The highest BCUT2D eigenvalue weighted by atomic mass is 32.2. The van der Waals surface area contributed by atoms with E-state index in [-0.39, 0.29) is 18.6 Å². The molecule has 1 aromatic heterocycles. The Kier molecular flexibility index (Phi) is 6.55. The van der Waals surface area contributed by atoms with Crippen LogP contribution in [0.3, 0.4) is 0 Å². The van der Waals surface area contributed by atoms with E-state index < -0.39 is 6.10 Å². The van der Waals surface area contributed by atoms with Crippen LogP contribution >= 0.6 is 11.8 Å². The molecule has 23 heavy (non-hydrogen) atoms. The fourth-order valence-corrected chi connectivity index (χ4v) is 2.78. The van der Waals surface area contributed by atoms with Crippen molar-refractivity contribution in [1.82, 2.24) is 10.6 Å². The molecule has 1 heterocycles. The van der Waals surface area contributed by atoms with Crippen molar-refractivity contribution < 1.29 is 14.3 Å². The highest BCUT2D eigenvalue weighted by Gasteiger charge is 2.13. The number of amides is 2. The number of carbonyl (C=O) groups excluding carboxylic acids is 1. The summed E-state index contributed by atoms with van der Waals surface area (Å²) in [5, 5.41) is 15.3. The summed E-state index contributed by atoms with van der Waals surface area (Å²) in [5.74, 6) is 1.47. The van der Waals surface area contributed by atoms with Crippen molar-refractivity contribution in [2.75, 3.05) is 12.3 Å². The van der Waals surface area contributed by atoms with Gasteiger partial charge in [0.2, 0.25) is 0 Å². The molecular weight excluding hydrogens is 312 g/mol. The van der Waals surface area contributed by atoms with Crippen LogP contribution in [0.1, 0.15) is 37.3 Å². The summed E-state index contributed by atoms with van der Waals surface area (Å²) in [6, 6.07) is 11.1. The van der Waals surface area contributed by atoms with Gasteiger partial charge >= 0.3 is 6.03 Å². The van der Waals surface area contributed by atoms with Gasteiger partial charge in [-0.2, -0.15) is 0 Å². The Labute approximate surface area is 140 Å². The number of rotatable bonds is 7. The standard InChI is InChI=1S/C17H22N2O3S/c1-3-23-14-8-6-13(7-9-14)12(2)19-17(21)18-11-15(20)16-5-4-10-22-16/h4-10,12,15,20H,3,11H2,1-2H3,(H2,18,19,21). The molecule has 0 aliphatic carbocycles. The zero-order chi connectivity index (χ0) is 16.7. The lowest BCUT2D eigenvalue weighted by atomic mass is 10.1. The van der Waals surface area contributed by atoms with Gasteiger partial charge in [0.15, 0.2) is 0 Å². The Balaban J connectivity index is 1.79. The Morgan fingerprint density at radius 1 is 1.30 bits per heavy atom. The summed E-state index contributed by atoms with van der Waals surface area (Å²) in [7, 11) is 0. The normalized spacial score (nSPS) is 13.3. The summed E-state index contributed by atoms with van der Waals surface area (Å²) < 4.78 is 5.09. The smallest absolute Gasteiger partial charge is 0.315 e. The summed E-state index contributed by atoms with van der Waals surface area (Å²) in [6.07, 6.45) is 0.637. The third-order valence-corrected chi connectivity index (χ3v) is 4.26. The summed E-state index contributed by atoms with van der Waals surface area (Å²) in [4.78, 5) is 13.1. The first kappa shape index (κ1) is 17.4. The van der Waals surface area contributed by atoms with Gasteiger partial charge in [-0.1, -0.05) is 19.1 Å². The molecule has 1 aromatic carbocycles. The number of aliphatic hydroxyl groups excluding tert-OH is 1. The van der Waals surface area contributed by atoms with Crippen LogP contribution in [0.2, 0.25) is 0 Å². The molecule has 2 rings (SSSR count). The largest absolute Gasteiger partial charge is 0.467 e. The van der Waals surface area contributed by atoms with E-state index in [9.17, 15) is 9.90 Å². The first-order chi connectivity index (χ1) is 11.1. The predicted molar refractivity (Wildman–Crippen MR) is 91.5 cm³/mol. The number of nitrogens with one attached hydrogen (secondary N) is 2. The van der Waals surface area contributed by atoms with Gasteiger partial charge in [-0.15, -0.1) is 11.8 Å². The summed E-state index contributed by atoms with van der Waals surface area (Å²) in [5.41, 5.74) is 1.03. The van der Waals surface area contributed by atoms with Crippen molar-refractivity contribution in [1.29, 1.82) is 0 Å². The van der Waals surface area contributed by atoms with Crippen LogP contribution in [0, 0.1) is 0 Å². The van der Waals surface area contributed by atoms with Gasteiger partial charge in [-0.25, -0.2) is 4.79 Å². The van der Waals surface area contributed by atoms with Gasteiger partial charge < -0.3 is 20.2 Å². The van der Waals surface area contributed by atoms with E-state index in [1.54, 1.807) is 23.9 Å². The maximum Gasteiger partial charge on any atom is 0.315 e. The van der Waals surface area contributed by atoms with E-state index in [0.29, 0.717) is 5.76 Å². The highest BCUT2D eigenvalue weighted by Crippen LogP contribution is 2.20. The van der Waals surface area contributed by atoms with Crippen LogP contribution in [0.25, 0.3) is 0 Å². The minimum Gasteiger partial charge on any atom is -0.467 e. The van der Waals surface area contributed by atoms with Crippen molar-refractivity contribution in [2.45, 2.75) is 30.9 Å². The molecule has 3 N–H and O–H groups in total. The van der Waals surface area contributed by atoms with Gasteiger partial charge in [-0.3, -0.25) is 0 Å². The number of hydrogen-bond donors (Lipinski definition) is 3. The number of benzene rings is 1. The third-order valence-electron chi connectivity index (χ3n) is 3.37. The molecule has 124 valence electrons. The fraction of sp³-hybridized carbons (Fsp3) is 0.353. The minimum absolute atomic E-state index is 0.0954. The van der Waals surface area contributed by atoms with E-state index >= 15 is 0 Å². The molecule has 2 unspecified atom stereocenters. The lowest BCUT2D eigenvalue weighted by Crippen LogP contribution is -2.39. The van der Waals surface area contributed by atoms with E-state index in [4.69, 9.17) is 4.42 Å². The topological polar surface area (TPSA) is 74.5 Å². The minimum atomic E-state index is -0.851. The Morgan fingerprint density at radius 3 is 2.65 bits per heavy atom. The third kappa shape index (κ3) is 5.33. The number of carbonyl (C=O) groups is 1. The lowest BCUT2D eigenvalue weighted by Gasteiger charge is -2.16. The molecule has 2 aromatic rings. The molecule has 0 saturated carbocycles. The molecule has 0 aliphatic heterocycles. The molecule has 0 fully saturated rings. The molecule has 6 heteroatoms. The SMILES string of the molecule is CCSc1ccc(C(C)NC(=O)NCC(O)c2ccco2)cc1. The second-order valence-electron chi connectivity index (χ2n) is 5.11. The van der Waals surface area contributed by atoms with Crippen LogP contribution in [-0.2, 0) is 0 Å². The van der Waals surface area contributed by atoms with Crippen LogP contribution in [0.4, 0.5) is 4.79 Å². The Hall–Kier alpha value is -1.92.